The number of nitrogens with zero attached hydrogens (tertiary/aromatic N) is 3. The van der Waals surface area contributed by atoms with Crippen LogP contribution in [0.4, 0.5) is 4.79 Å². The van der Waals surface area contributed by atoms with Gasteiger partial charge in [0, 0.05) is 42.7 Å². The molecule has 2 heterocycles. The number of pyridine rings is 1. The van der Waals surface area contributed by atoms with Crippen molar-refractivity contribution in [2.24, 2.45) is 0 Å². The lowest BCUT2D eigenvalue weighted by Gasteiger charge is -2.34. The zero-order chi connectivity index (χ0) is 24.2. The molecule has 0 radical (unpaired) electrons. The first kappa shape index (κ1) is 23.8. The maximum absolute atomic E-state index is 13.2. The molecule has 1 aliphatic heterocycles. The molecule has 1 fully saturated rings. The van der Waals surface area contributed by atoms with Crippen molar-refractivity contribution in [3.63, 3.8) is 0 Å². The molecular formula is C26H28ClN3O4. The summed E-state index contributed by atoms with van der Waals surface area (Å²) in [5, 5.41) is 1.42. The molecule has 1 saturated heterocycles. The summed E-state index contributed by atoms with van der Waals surface area (Å²) in [5.41, 5.74) is 3.77. The first-order valence-corrected chi connectivity index (χ1v) is 11.8. The van der Waals surface area contributed by atoms with E-state index in [9.17, 15) is 9.59 Å². The van der Waals surface area contributed by atoms with Gasteiger partial charge < -0.3 is 19.3 Å². The average Bonchev–Trinajstić information content (AvgIpc) is 2.88. The van der Waals surface area contributed by atoms with Crippen molar-refractivity contribution >= 4 is 34.5 Å². The van der Waals surface area contributed by atoms with E-state index in [1.165, 1.54) is 0 Å². The molecule has 34 heavy (non-hydrogen) atoms. The summed E-state index contributed by atoms with van der Waals surface area (Å²) in [6.45, 7) is 6.12. The van der Waals surface area contributed by atoms with E-state index in [-0.39, 0.29) is 12.0 Å². The van der Waals surface area contributed by atoms with Gasteiger partial charge in [0.2, 0.25) is 0 Å². The second kappa shape index (κ2) is 10.3. The fourth-order valence-corrected chi connectivity index (χ4v) is 4.29. The molecule has 0 aliphatic carbocycles. The summed E-state index contributed by atoms with van der Waals surface area (Å²) in [5.74, 6) is 0.674. The minimum Gasteiger partial charge on any atom is -0.497 e. The van der Waals surface area contributed by atoms with Gasteiger partial charge in [-0.2, -0.15) is 0 Å². The standard InChI is InChI=1S/C26H28ClN3O4/c1-4-15-34-26(32)30-13-11-29(12-14-30)25(31)19-7-10-21-22(16-19)28-24(17(2)23(21)27)18-5-8-20(33-3)9-6-18/h5-10,16H,4,11-15H2,1-3H3. The van der Waals surface area contributed by atoms with Gasteiger partial charge in [0.1, 0.15) is 5.75 Å². The summed E-state index contributed by atoms with van der Waals surface area (Å²) in [6.07, 6.45) is 0.462. The maximum Gasteiger partial charge on any atom is 0.409 e. The lowest BCUT2D eigenvalue weighted by Crippen LogP contribution is -2.50. The molecule has 7 nitrogen and oxygen atoms in total. The molecule has 0 bridgehead atoms. The number of benzene rings is 2. The number of carbonyl (C=O) groups is 2. The number of aromatic nitrogens is 1. The predicted octanol–water partition coefficient (Wildman–Crippen LogP) is 5.18. The molecule has 0 atom stereocenters. The average molecular weight is 482 g/mol. The molecule has 8 heteroatoms. The van der Waals surface area contributed by atoms with Gasteiger partial charge in [0.05, 0.1) is 29.9 Å². The van der Waals surface area contributed by atoms with E-state index in [1.807, 2.05) is 44.2 Å². The lowest BCUT2D eigenvalue weighted by atomic mass is 10.0. The van der Waals surface area contributed by atoms with Crippen LogP contribution in [0.5, 0.6) is 5.75 Å². The van der Waals surface area contributed by atoms with Gasteiger partial charge in [0.15, 0.2) is 0 Å². The second-order valence-corrected chi connectivity index (χ2v) is 8.63. The van der Waals surface area contributed by atoms with E-state index in [4.69, 9.17) is 26.1 Å². The minimum atomic E-state index is -0.320. The van der Waals surface area contributed by atoms with Crippen molar-refractivity contribution < 1.29 is 19.1 Å². The zero-order valence-corrected chi connectivity index (χ0v) is 20.4. The maximum atomic E-state index is 13.2. The van der Waals surface area contributed by atoms with E-state index in [2.05, 4.69) is 0 Å². The number of hydrogen-bond acceptors (Lipinski definition) is 5. The number of hydrogen-bond donors (Lipinski definition) is 0. The summed E-state index contributed by atoms with van der Waals surface area (Å²) in [4.78, 5) is 33.5. The molecular weight excluding hydrogens is 454 g/mol. The number of fused-ring (bicyclic) bond motifs is 1. The van der Waals surface area contributed by atoms with Crippen molar-refractivity contribution in [1.29, 1.82) is 0 Å². The van der Waals surface area contributed by atoms with Crippen LogP contribution in [0, 0.1) is 6.92 Å². The number of halogens is 1. The SMILES string of the molecule is CCCOC(=O)N1CCN(C(=O)c2ccc3c(Cl)c(C)c(-c4ccc(OC)cc4)nc3c2)CC1. The summed E-state index contributed by atoms with van der Waals surface area (Å²) in [7, 11) is 1.63. The van der Waals surface area contributed by atoms with Crippen LogP contribution in [-0.4, -0.2) is 66.7 Å². The third kappa shape index (κ3) is 4.80. The molecule has 178 valence electrons. The predicted molar refractivity (Wildman–Crippen MR) is 133 cm³/mol. The smallest absolute Gasteiger partial charge is 0.409 e. The lowest BCUT2D eigenvalue weighted by molar-refractivity contribution is 0.0560. The highest BCUT2D eigenvalue weighted by molar-refractivity contribution is 6.36. The Morgan fingerprint density at radius 1 is 1.03 bits per heavy atom. The third-order valence-corrected chi connectivity index (χ3v) is 6.50. The summed E-state index contributed by atoms with van der Waals surface area (Å²) >= 11 is 6.69. The van der Waals surface area contributed by atoms with Gasteiger partial charge in [-0.05, 0) is 55.3 Å². The minimum absolute atomic E-state index is 0.0898. The Labute approximate surface area is 204 Å². The number of amides is 2. The van der Waals surface area contributed by atoms with E-state index in [0.29, 0.717) is 48.9 Å². The molecule has 2 aromatic carbocycles. The Morgan fingerprint density at radius 2 is 1.71 bits per heavy atom. The van der Waals surface area contributed by atoms with E-state index in [1.54, 1.807) is 29.0 Å². The number of rotatable bonds is 5. The number of ether oxygens (including phenoxy) is 2. The molecule has 3 aromatic rings. The Bertz CT molecular complexity index is 1200. The highest BCUT2D eigenvalue weighted by atomic mass is 35.5. The van der Waals surface area contributed by atoms with E-state index < -0.39 is 0 Å². The molecule has 0 unspecified atom stereocenters. The third-order valence-electron chi connectivity index (χ3n) is 6.02. The largest absolute Gasteiger partial charge is 0.497 e. The summed E-state index contributed by atoms with van der Waals surface area (Å²) in [6, 6.07) is 13.1. The van der Waals surface area contributed by atoms with Crippen LogP contribution in [0.3, 0.4) is 0 Å². The molecule has 1 aliphatic rings. The molecule has 0 spiro atoms. The van der Waals surface area contributed by atoms with Crippen molar-refractivity contribution in [1.82, 2.24) is 14.8 Å². The molecule has 2 amide bonds. The van der Waals surface area contributed by atoms with Crippen molar-refractivity contribution in [2.45, 2.75) is 20.3 Å². The van der Waals surface area contributed by atoms with Crippen LogP contribution in [0.25, 0.3) is 22.2 Å². The van der Waals surface area contributed by atoms with Crippen LogP contribution in [0.2, 0.25) is 5.02 Å². The molecule has 0 saturated carbocycles. The first-order chi connectivity index (χ1) is 16.4. The van der Waals surface area contributed by atoms with Crippen molar-refractivity contribution in [3.05, 3.63) is 58.6 Å². The van der Waals surface area contributed by atoms with Gasteiger partial charge in [0.25, 0.3) is 5.91 Å². The van der Waals surface area contributed by atoms with Crippen LogP contribution >= 0.6 is 11.6 Å². The fraction of sp³-hybridized carbons (Fsp3) is 0.346. The van der Waals surface area contributed by atoms with Crippen molar-refractivity contribution in [3.8, 4) is 17.0 Å². The highest BCUT2D eigenvalue weighted by Crippen LogP contribution is 2.34. The van der Waals surface area contributed by atoms with Crippen LogP contribution in [0.1, 0.15) is 29.3 Å². The molecule has 4 rings (SSSR count). The van der Waals surface area contributed by atoms with Crippen LogP contribution in [-0.2, 0) is 4.74 Å². The monoisotopic (exact) mass is 481 g/mol. The van der Waals surface area contributed by atoms with Gasteiger partial charge >= 0.3 is 6.09 Å². The number of carbonyl (C=O) groups excluding carboxylic acids is 2. The number of methoxy groups -OCH3 is 1. The molecule has 0 N–H and O–H groups in total. The Kier molecular flexibility index (Phi) is 7.22. The normalized spacial score (nSPS) is 13.8. The number of piperazine rings is 1. The van der Waals surface area contributed by atoms with Crippen molar-refractivity contribution in [2.75, 3.05) is 39.9 Å². The van der Waals surface area contributed by atoms with Gasteiger partial charge in [-0.1, -0.05) is 24.6 Å². The summed E-state index contributed by atoms with van der Waals surface area (Å²) < 4.78 is 10.4. The highest BCUT2D eigenvalue weighted by Gasteiger charge is 2.26. The topological polar surface area (TPSA) is 72.0 Å². The Balaban J connectivity index is 1.56. The van der Waals surface area contributed by atoms with Gasteiger partial charge in [-0.3, -0.25) is 4.79 Å². The second-order valence-electron chi connectivity index (χ2n) is 8.25. The molecule has 1 aromatic heterocycles. The van der Waals surface area contributed by atoms with Crippen LogP contribution in [0.15, 0.2) is 42.5 Å². The van der Waals surface area contributed by atoms with Gasteiger partial charge in [-0.15, -0.1) is 0 Å². The zero-order valence-electron chi connectivity index (χ0n) is 19.6. The van der Waals surface area contributed by atoms with E-state index >= 15 is 0 Å². The quantitative estimate of drug-likeness (QED) is 0.502. The first-order valence-electron chi connectivity index (χ1n) is 11.4. The fourth-order valence-electron chi connectivity index (χ4n) is 4.04. The Hall–Kier alpha value is -3.32. The van der Waals surface area contributed by atoms with Gasteiger partial charge in [-0.25, -0.2) is 9.78 Å². The van der Waals surface area contributed by atoms with Crippen LogP contribution < -0.4 is 4.74 Å². The Morgan fingerprint density at radius 3 is 2.35 bits per heavy atom. The van der Waals surface area contributed by atoms with E-state index in [0.717, 1.165) is 34.4 Å².